The van der Waals surface area contributed by atoms with Gasteiger partial charge in [-0.3, -0.25) is 9.59 Å². The highest BCUT2D eigenvalue weighted by molar-refractivity contribution is 5.92. The van der Waals surface area contributed by atoms with Crippen LogP contribution in [0.1, 0.15) is 22.5 Å². The number of hydrogen-bond donors (Lipinski definition) is 4. The highest BCUT2D eigenvalue weighted by atomic mass is 19.4. The number of amides is 2. The third-order valence-corrected chi connectivity index (χ3v) is 4.24. The Kier molecular flexibility index (Phi) is 9.18. The molecule has 0 bridgehead atoms. The second kappa shape index (κ2) is 11.8. The third-order valence-electron chi connectivity index (χ3n) is 4.24. The Bertz CT molecular complexity index is 1010. The number of benzene rings is 1. The van der Waals surface area contributed by atoms with Crippen molar-refractivity contribution < 1.29 is 31.9 Å². The van der Waals surface area contributed by atoms with Crippen molar-refractivity contribution in [2.75, 3.05) is 13.6 Å². The summed E-state index contributed by atoms with van der Waals surface area (Å²) >= 11 is 0. The molecule has 2 amide bonds. The molecular weight excluding hydrogens is 464 g/mol. The van der Waals surface area contributed by atoms with E-state index in [4.69, 9.17) is 11.6 Å². The van der Waals surface area contributed by atoms with Gasteiger partial charge in [0.25, 0.3) is 11.8 Å². The first-order valence-electron chi connectivity index (χ1n) is 9.84. The molecule has 0 aliphatic carbocycles. The largest absolute Gasteiger partial charge is 0.573 e. The summed E-state index contributed by atoms with van der Waals surface area (Å²) in [7, 11) is 1.40. The van der Waals surface area contributed by atoms with E-state index in [0.717, 1.165) is 21.8 Å². The Hall–Kier alpha value is -3.88. The molecule has 1 unspecified atom stereocenters. The minimum Gasteiger partial charge on any atom is -0.406 e. The maximum Gasteiger partial charge on any atom is 0.573 e. The molecule has 0 aliphatic heterocycles. The number of carbonyl (C=O) groups is 2. The van der Waals surface area contributed by atoms with E-state index in [-0.39, 0.29) is 37.4 Å². The average molecular weight is 488 g/mol. The van der Waals surface area contributed by atoms with Crippen LogP contribution in [0.4, 0.5) is 17.6 Å². The SMILES string of the molecule is CNC(=O)/C(N)=C/N(N)CCC(F)Cn1cc(C(=O)NCc2cccc(OC(F)(F)F)c2)nn1. The van der Waals surface area contributed by atoms with Gasteiger partial charge in [0.15, 0.2) is 5.69 Å². The van der Waals surface area contributed by atoms with E-state index in [2.05, 4.69) is 25.7 Å². The molecule has 186 valence electrons. The first-order valence-corrected chi connectivity index (χ1v) is 9.84. The summed E-state index contributed by atoms with van der Waals surface area (Å²) < 4.78 is 56.2. The van der Waals surface area contributed by atoms with Crippen LogP contribution in [0.15, 0.2) is 42.4 Å². The van der Waals surface area contributed by atoms with Crippen molar-refractivity contribution in [3.63, 3.8) is 0 Å². The van der Waals surface area contributed by atoms with E-state index in [0.29, 0.717) is 5.56 Å². The van der Waals surface area contributed by atoms with Gasteiger partial charge in [-0.1, -0.05) is 17.3 Å². The smallest absolute Gasteiger partial charge is 0.406 e. The number of carbonyl (C=O) groups excluding carboxylic acids is 2. The summed E-state index contributed by atoms with van der Waals surface area (Å²) in [6.07, 6.45) is -3.84. The fourth-order valence-corrected chi connectivity index (χ4v) is 2.65. The molecule has 1 aromatic heterocycles. The molecule has 0 radical (unpaired) electrons. The topological polar surface area (TPSA) is 153 Å². The molecule has 6 N–H and O–H groups in total. The number of aromatic nitrogens is 3. The number of nitrogens with two attached hydrogens (primary N) is 2. The Morgan fingerprint density at radius 2 is 2.09 bits per heavy atom. The van der Waals surface area contributed by atoms with Crippen LogP contribution >= 0.6 is 0 Å². The van der Waals surface area contributed by atoms with Gasteiger partial charge in [0.2, 0.25) is 0 Å². The number of hydrazine groups is 1. The second-order valence-corrected chi connectivity index (χ2v) is 6.99. The zero-order valence-corrected chi connectivity index (χ0v) is 18.1. The molecular formula is C19H24F4N8O3. The van der Waals surface area contributed by atoms with Crippen LogP contribution in [0.2, 0.25) is 0 Å². The van der Waals surface area contributed by atoms with Crippen molar-refractivity contribution in [1.82, 2.24) is 30.6 Å². The Morgan fingerprint density at radius 1 is 1.35 bits per heavy atom. The van der Waals surface area contributed by atoms with Crippen LogP contribution in [0.3, 0.4) is 0 Å². The molecule has 15 heteroatoms. The fourth-order valence-electron chi connectivity index (χ4n) is 2.65. The predicted octanol–water partition coefficient (Wildman–Crippen LogP) is 0.557. The number of hydrogen-bond acceptors (Lipinski definition) is 8. The second-order valence-electron chi connectivity index (χ2n) is 6.99. The highest BCUT2D eigenvalue weighted by Crippen LogP contribution is 2.23. The van der Waals surface area contributed by atoms with E-state index in [9.17, 15) is 27.2 Å². The van der Waals surface area contributed by atoms with Crippen molar-refractivity contribution in [2.24, 2.45) is 11.6 Å². The number of nitrogens with zero attached hydrogens (tertiary/aromatic N) is 4. The number of alkyl halides is 4. The summed E-state index contributed by atoms with van der Waals surface area (Å²) in [4.78, 5) is 23.5. The van der Waals surface area contributed by atoms with E-state index in [1.54, 1.807) is 0 Å². The summed E-state index contributed by atoms with van der Waals surface area (Å²) in [5.74, 6) is 4.07. The van der Waals surface area contributed by atoms with Crippen LogP contribution < -0.4 is 26.9 Å². The lowest BCUT2D eigenvalue weighted by molar-refractivity contribution is -0.274. The lowest BCUT2D eigenvalue weighted by Gasteiger charge is -2.16. The molecule has 1 atom stereocenters. The van der Waals surface area contributed by atoms with Gasteiger partial charge in [0.1, 0.15) is 17.6 Å². The molecule has 1 heterocycles. The monoisotopic (exact) mass is 488 g/mol. The number of likely N-dealkylation sites (N-methyl/N-ethyl adjacent to an activating group) is 1. The van der Waals surface area contributed by atoms with Crippen molar-refractivity contribution in [3.05, 3.63) is 53.6 Å². The molecule has 0 aliphatic rings. The Labute approximate surface area is 191 Å². The summed E-state index contributed by atoms with van der Waals surface area (Å²) in [5, 5.41) is 13.2. The quantitative estimate of drug-likeness (QED) is 0.155. The summed E-state index contributed by atoms with van der Waals surface area (Å²) in [5.41, 5.74) is 5.64. The molecule has 0 saturated carbocycles. The molecule has 34 heavy (non-hydrogen) atoms. The third kappa shape index (κ3) is 8.93. The van der Waals surface area contributed by atoms with Crippen LogP contribution in [-0.2, 0) is 17.9 Å². The van der Waals surface area contributed by atoms with Crippen molar-refractivity contribution in [2.45, 2.75) is 32.0 Å². The van der Waals surface area contributed by atoms with Gasteiger partial charge in [-0.05, 0) is 24.1 Å². The molecule has 0 fully saturated rings. The number of rotatable bonds is 11. The Balaban J connectivity index is 1.83. The van der Waals surface area contributed by atoms with Gasteiger partial charge in [0.05, 0.1) is 12.7 Å². The average Bonchev–Trinajstić information content (AvgIpc) is 3.23. The van der Waals surface area contributed by atoms with Crippen molar-refractivity contribution >= 4 is 11.8 Å². The predicted molar refractivity (Wildman–Crippen MR) is 111 cm³/mol. The minimum atomic E-state index is -4.83. The van der Waals surface area contributed by atoms with E-state index >= 15 is 0 Å². The van der Waals surface area contributed by atoms with Crippen molar-refractivity contribution in [1.29, 1.82) is 0 Å². The lowest BCUT2D eigenvalue weighted by atomic mass is 10.2. The molecule has 2 rings (SSSR count). The van der Waals surface area contributed by atoms with Gasteiger partial charge in [-0.2, -0.15) is 0 Å². The normalized spacial score (nSPS) is 12.7. The first-order chi connectivity index (χ1) is 16.0. The first kappa shape index (κ1) is 26.4. The fraction of sp³-hybridized carbons (Fsp3) is 0.368. The van der Waals surface area contributed by atoms with E-state index < -0.39 is 30.1 Å². The molecule has 0 spiro atoms. The van der Waals surface area contributed by atoms with Crippen LogP contribution in [0, 0.1) is 0 Å². The number of halogens is 4. The van der Waals surface area contributed by atoms with E-state index in [1.807, 2.05) is 0 Å². The van der Waals surface area contributed by atoms with Crippen LogP contribution in [-0.4, -0.2) is 57.9 Å². The maximum absolute atomic E-state index is 14.3. The number of nitrogens with one attached hydrogen (secondary N) is 2. The van der Waals surface area contributed by atoms with Crippen molar-refractivity contribution in [3.8, 4) is 5.75 Å². The molecule has 11 nitrogen and oxygen atoms in total. The molecule has 2 aromatic rings. The highest BCUT2D eigenvalue weighted by Gasteiger charge is 2.31. The minimum absolute atomic E-state index is 0.0221. The Morgan fingerprint density at radius 3 is 2.76 bits per heavy atom. The molecule has 0 saturated heterocycles. The van der Waals surface area contributed by atoms with Crippen LogP contribution in [0.5, 0.6) is 5.75 Å². The zero-order valence-electron chi connectivity index (χ0n) is 18.1. The molecule has 1 aromatic carbocycles. The standard InChI is InChI=1S/C19H24F4N8O3/c1-26-17(32)15(24)10-30(25)6-5-13(20)9-31-11-16(28-29-31)18(33)27-8-12-3-2-4-14(7-12)34-19(21,22)23/h2-4,7,10-11,13H,5-6,8-9,24-25H2,1H3,(H,26,32)(H,27,33)/b15-10-. The lowest BCUT2D eigenvalue weighted by Crippen LogP contribution is -2.33. The summed E-state index contributed by atoms with van der Waals surface area (Å²) in [6, 6.07) is 5.13. The van der Waals surface area contributed by atoms with Gasteiger partial charge >= 0.3 is 6.36 Å². The van der Waals surface area contributed by atoms with Crippen LogP contribution in [0.25, 0.3) is 0 Å². The van der Waals surface area contributed by atoms with Gasteiger partial charge in [-0.25, -0.2) is 14.9 Å². The van der Waals surface area contributed by atoms with E-state index in [1.165, 1.54) is 31.6 Å². The number of ether oxygens (including phenoxy) is 1. The van der Waals surface area contributed by atoms with Gasteiger partial charge in [0, 0.05) is 26.3 Å². The maximum atomic E-state index is 14.3. The zero-order chi connectivity index (χ0) is 25.3. The van der Waals surface area contributed by atoms with Gasteiger partial charge < -0.3 is 26.1 Å². The van der Waals surface area contributed by atoms with Gasteiger partial charge in [-0.15, -0.1) is 18.3 Å². The summed E-state index contributed by atoms with van der Waals surface area (Å²) in [6.45, 7) is -0.247.